The molecule has 4 unspecified atom stereocenters. The summed E-state index contributed by atoms with van der Waals surface area (Å²) in [5, 5.41) is 0. The highest BCUT2D eigenvalue weighted by atomic mass is 15.2. The molecular formula is C16H30N2. The molecule has 0 aromatic carbocycles. The quantitative estimate of drug-likeness (QED) is 0.443. The molecule has 104 valence electrons. The fourth-order valence-electron chi connectivity index (χ4n) is 4.09. The Balaban J connectivity index is 1.89. The van der Waals surface area contributed by atoms with Gasteiger partial charge in [-0.2, -0.15) is 0 Å². The second kappa shape index (κ2) is 6.72. The van der Waals surface area contributed by atoms with Gasteiger partial charge in [-0.25, -0.2) is 0 Å². The first-order chi connectivity index (χ1) is 8.74. The molecule has 0 spiro atoms. The zero-order valence-corrected chi connectivity index (χ0v) is 12.0. The number of hydrogen-bond donors (Lipinski definition) is 2. The summed E-state index contributed by atoms with van der Waals surface area (Å²) in [6, 6.07) is 0.459. The van der Waals surface area contributed by atoms with Gasteiger partial charge in [-0.05, 0) is 49.9 Å². The van der Waals surface area contributed by atoms with Crippen molar-refractivity contribution in [1.82, 2.24) is 5.43 Å². The Hall–Kier alpha value is -0.340. The van der Waals surface area contributed by atoms with E-state index < -0.39 is 0 Å². The highest BCUT2D eigenvalue weighted by Crippen LogP contribution is 2.44. The Morgan fingerprint density at radius 3 is 2.61 bits per heavy atom. The molecule has 2 saturated carbocycles. The predicted molar refractivity (Wildman–Crippen MR) is 77.9 cm³/mol. The second-order valence-electron chi connectivity index (χ2n) is 6.46. The van der Waals surface area contributed by atoms with E-state index in [-0.39, 0.29) is 0 Å². The Kier molecular flexibility index (Phi) is 5.25. The van der Waals surface area contributed by atoms with E-state index in [1.807, 2.05) is 0 Å². The zero-order chi connectivity index (χ0) is 13.0. The van der Waals surface area contributed by atoms with Gasteiger partial charge in [0.2, 0.25) is 0 Å². The first-order valence-electron chi connectivity index (χ1n) is 7.87. The van der Waals surface area contributed by atoms with Crippen LogP contribution in [0.2, 0.25) is 0 Å². The Bertz CT molecular complexity index is 274. The van der Waals surface area contributed by atoms with Crippen LogP contribution in [0.5, 0.6) is 0 Å². The molecule has 0 aromatic rings. The zero-order valence-electron chi connectivity index (χ0n) is 12.0. The maximum Gasteiger partial charge on any atom is 0.0275 e. The van der Waals surface area contributed by atoms with Gasteiger partial charge in [-0.1, -0.05) is 44.8 Å². The Morgan fingerprint density at radius 1 is 1.22 bits per heavy atom. The van der Waals surface area contributed by atoms with Crippen molar-refractivity contribution in [2.45, 2.75) is 70.8 Å². The van der Waals surface area contributed by atoms with E-state index >= 15 is 0 Å². The molecule has 0 amide bonds. The maximum atomic E-state index is 5.78. The van der Waals surface area contributed by atoms with Crippen LogP contribution in [0.25, 0.3) is 0 Å². The highest BCUT2D eigenvalue weighted by Gasteiger charge is 2.35. The first kappa shape index (κ1) is 14.1. The standard InChI is InChI=1S/C16H30N2/c1-3-12(2)10-16(18-17)15-9-8-13-6-4-5-7-14(13)11-15/h13-16,18H,2-11,17H2,1H3. The monoisotopic (exact) mass is 250 g/mol. The lowest BCUT2D eigenvalue weighted by Gasteiger charge is -2.42. The van der Waals surface area contributed by atoms with Crippen molar-refractivity contribution in [1.29, 1.82) is 0 Å². The lowest BCUT2D eigenvalue weighted by Crippen LogP contribution is -2.44. The fourth-order valence-corrected chi connectivity index (χ4v) is 4.09. The van der Waals surface area contributed by atoms with Gasteiger partial charge in [-0.15, -0.1) is 0 Å². The summed E-state index contributed by atoms with van der Waals surface area (Å²) in [6.07, 6.45) is 12.2. The predicted octanol–water partition coefficient (Wildman–Crippen LogP) is 3.78. The van der Waals surface area contributed by atoms with Crippen LogP contribution in [0.15, 0.2) is 12.2 Å². The first-order valence-corrected chi connectivity index (χ1v) is 7.87. The van der Waals surface area contributed by atoms with Crippen LogP contribution in [0.1, 0.15) is 64.7 Å². The molecule has 2 aliphatic carbocycles. The van der Waals surface area contributed by atoms with E-state index in [9.17, 15) is 0 Å². The molecule has 0 aliphatic heterocycles. The third-order valence-corrected chi connectivity index (χ3v) is 5.37. The van der Waals surface area contributed by atoms with Gasteiger partial charge < -0.3 is 0 Å². The average molecular weight is 250 g/mol. The van der Waals surface area contributed by atoms with E-state index in [0.717, 1.165) is 30.6 Å². The van der Waals surface area contributed by atoms with Gasteiger partial charge >= 0.3 is 0 Å². The van der Waals surface area contributed by atoms with Crippen LogP contribution in [0, 0.1) is 17.8 Å². The largest absolute Gasteiger partial charge is 0.271 e. The van der Waals surface area contributed by atoms with Crippen molar-refractivity contribution in [3.63, 3.8) is 0 Å². The van der Waals surface area contributed by atoms with E-state index in [1.165, 1.54) is 50.5 Å². The van der Waals surface area contributed by atoms with E-state index in [2.05, 4.69) is 18.9 Å². The minimum absolute atomic E-state index is 0.459. The van der Waals surface area contributed by atoms with Gasteiger partial charge in [0.1, 0.15) is 0 Å². The molecule has 4 atom stereocenters. The van der Waals surface area contributed by atoms with Crippen molar-refractivity contribution in [2.75, 3.05) is 0 Å². The molecule has 0 saturated heterocycles. The number of fused-ring (bicyclic) bond motifs is 1. The summed E-state index contributed by atoms with van der Waals surface area (Å²) in [4.78, 5) is 0. The molecule has 2 heteroatoms. The lowest BCUT2D eigenvalue weighted by molar-refractivity contribution is 0.109. The number of nitrogens with one attached hydrogen (secondary N) is 1. The van der Waals surface area contributed by atoms with Gasteiger partial charge in [0, 0.05) is 6.04 Å². The van der Waals surface area contributed by atoms with Crippen molar-refractivity contribution < 1.29 is 0 Å². The SMILES string of the molecule is C=C(CC)CC(NN)C1CCC2CCCCC2C1. The average Bonchev–Trinajstić information content (AvgIpc) is 2.44. The van der Waals surface area contributed by atoms with Crippen LogP contribution in [0.4, 0.5) is 0 Å². The number of hydrogen-bond acceptors (Lipinski definition) is 2. The summed E-state index contributed by atoms with van der Waals surface area (Å²) in [5.74, 6) is 8.58. The summed E-state index contributed by atoms with van der Waals surface area (Å²) in [7, 11) is 0. The van der Waals surface area contributed by atoms with Crippen LogP contribution in [-0.4, -0.2) is 6.04 Å². The molecular weight excluding hydrogens is 220 g/mol. The summed E-state index contributed by atoms with van der Waals surface area (Å²) in [5.41, 5.74) is 4.41. The van der Waals surface area contributed by atoms with Gasteiger partial charge in [0.05, 0.1) is 0 Å². The molecule has 2 fully saturated rings. The number of hydrazine groups is 1. The normalized spacial score (nSPS) is 33.8. The maximum absolute atomic E-state index is 5.78. The van der Waals surface area contributed by atoms with Crippen LogP contribution in [0.3, 0.4) is 0 Å². The number of rotatable bonds is 5. The Morgan fingerprint density at radius 2 is 1.94 bits per heavy atom. The third-order valence-electron chi connectivity index (χ3n) is 5.37. The molecule has 0 aromatic heterocycles. The minimum Gasteiger partial charge on any atom is -0.271 e. The van der Waals surface area contributed by atoms with Crippen LogP contribution >= 0.6 is 0 Å². The number of nitrogens with two attached hydrogens (primary N) is 1. The van der Waals surface area contributed by atoms with Crippen LogP contribution in [-0.2, 0) is 0 Å². The van der Waals surface area contributed by atoms with Crippen molar-refractivity contribution >= 4 is 0 Å². The highest BCUT2D eigenvalue weighted by molar-refractivity contribution is 4.99. The molecule has 0 radical (unpaired) electrons. The van der Waals surface area contributed by atoms with Crippen molar-refractivity contribution in [2.24, 2.45) is 23.6 Å². The van der Waals surface area contributed by atoms with E-state index in [0.29, 0.717) is 6.04 Å². The fraction of sp³-hybridized carbons (Fsp3) is 0.875. The van der Waals surface area contributed by atoms with Crippen molar-refractivity contribution in [3.8, 4) is 0 Å². The smallest absolute Gasteiger partial charge is 0.0275 e. The topological polar surface area (TPSA) is 38.0 Å². The summed E-state index contributed by atoms with van der Waals surface area (Å²) in [6.45, 7) is 6.33. The summed E-state index contributed by atoms with van der Waals surface area (Å²) >= 11 is 0. The van der Waals surface area contributed by atoms with Gasteiger partial charge in [-0.3, -0.25) is 11.3 Å². The lowest BCUT2D eigenvalue weighted by atomic mass is 9.65. The minimum atomic E-state index is 0.459. The molecule has 2 aliphatic rings. The van der Waals surface area contributed by atoms with E-state index in [4.69, 9.17) is 5.84 Å². The van der Waals surface area contributed by atoms with Gasteiger partial charge in [0.25, 0.3) is 0 Å². The molecule has 3 N–H and O–H groups in total. The molecule has 0 bridgehead atoms. The molecule has 2 rings (SSSR count). The third kappa shape index (κ3) is 3.36. The van der Waals surface area contributed by atoms with Crippen LogP contribution < -0.4 is 11.3 Å². The van der Waals surface area contributed by atoms with Crippen molar-refractivity contribution in [3.05, 3.63) is 12.2 Å². The van der Waals surface area contributed by atoms with Gasteiger partial charge in [0.15, 0.2) is 0 Å². The summed E-state index contributed by atoms with van der Waals surface area (Å²) < 4.78 is 0. The molecule has 18 heavy (non-hydrogen) atoms. The van der Waals surface area contributed by atoms with E-state index in [1.54, 1.807) is 0 Å². The molecule has 2 nitrogen and oxygen atoms in total. The Labute approximate surface area is 112 Å². The molecule has 0 heterocycles. The second-order valence-corrected chi connectivity index (χ2v) is 6.46.